The molecule has 3 aliphatic rings. The second-order valence-electron chi connectivity index (χ2n) is 14.4. The molecular formula is C43H51N3O7. The number of esters is 1. The quantitative estimate of drug-likeness (QED) is 0.0933. The van der Waals surface area contributed by atoms with E-state index in [-0.39, 0.29) is 37.3 Å². The summed E-state index contributed by atoms with van der Waals surface area (Å²) in [4.78, 5) is 60.1. The van der Waals surface area contributed by atoms with Crippen molar-refractivity contribution in [3.8, 4) is 0 Å². The van der Waals surface area contributed by atoms with E-state index in [1.165, 1.54) is 0 Å². The molecule has 10 nitrogen and oxygen atoms in total. The maximum atomic E-state index is 15.0. The van der Waals surface area contributed by atoms with Gasteiger partial charge in [0, 0.05) is 31.8 Å². The zero-order valence-electron chi connectivity index (χ0n) is 30.5. The van der Waals surface area contributed by atoms with Crippen molar-refractivity contribution in [2.45, 2.75) is 88.2 Å². The van der Waals surface area contributed by atoms with Crippen molar-refractivity contribution in [1.82, 2.24) is 10.2 Å². The van der Waals surface area contributed by atoms with E-state index in [1.54, 1.807) is 28.9 Å². The highest BCUT2D eigenvalue weighted by molar-refractivity contribution is 6.05. The lowest BCUT2D eigenvalue weighted by molar-refractivity contribution is -0.162. The summed E-state index contributed by atoms with van der Waals surface area (Å²) >= 11 is 0. The Bertz CT molecular complexity index is 1810. The molecule has 3 heterocycles. The minimum Gasteiger partial charge on any atom is -0.455 e. The van der Waals surface area contributed by atoms with E-state index in [1.807, 2.05) is 72.8 Å². The van der Waals surface area contributed by atoms with Crippen LogP contribution in [0, 0.1) is 11.8 Å². The van der Waals surface area contributed by atoms with E-state index in [2.05, 4.69) is 18.5 Å². The maximum absolute atomic E-state index is 15.0. The van der Waals surface area contributed by atoms with Gasteiger partial charge in [-0.1, -0.05) is 85.7 Å². The highest BCUT2D eigenvalue weighted by Gasteiger charge is 2.75. The van der Waals surface area contributed by atoms with Crippen LogP contribution in [-0.4, -0.2) is 77.2 Å². The lowest BCUT2D eigenvalue weighted by Gasteiger charge is -2.37. The van der Waals surface area contributed by atoms with Crippen molar-refractivity contribution in [2.24, 2.45) is 11.8 Å². The zero-order valence-corrected chi connectivity index (χ0v) is 30.5. The fraction of sp³-hybridized carbons (Fsp3) is 0.442. The van der Waals surface area contributed by atoms with Crippen LogP contribution in [0.1, 0.15) is 70.0 Å². The minimum atomic E-state index is -1.21. The van der Waals surface area contributed by atoms with Crippen LogP contribution < -0.4 is 10.2 Å². The number of aliphatic hydroxyl groups is 1. The predicted octanol–water partition coefficient (Wildman–Crippen LogP) is 6.04. The summed E-state index contributed by atoms with van der Waals surface area (Å²) < 4.78 is 13.0. The van der Waals surface area contributed by atoms with E-state index in [9.17, 15) is 19.5 Å². The summed E-state index contributed by atoms with van der Waals surface area (Å²) in [6.45, 7) is 10.1. The molecule has 2 bridgehead atoms. The van der Waals surface area contributed by atoms with Gasteiger partial charge in [0.1, 0.15) is 17.7 Å². The molecule has 0 saturated carbocycles. The number of benzene rings is 3. The van der Waals surface area contributed by atoms with E-state index in [4.69, 9.17) is 9.47 Å². The highest BCUT2D eigenvalue weighted by atomic mass is 16.6. The van der Waals surface area contributed by atoms with Crippen LogP contribution in [0.15, 0.2) is 98.1 Å². The van der Waals surface area contributed by atoms with Crippen molar-refractivity contribution < 1.29 is 33.8 Å². The Balaban J connectivity index is 1.32. The van der Waals surface area contributed by atoms with Gasteiger partial charge in [-0.25, -0.2) is 0 Å². The molecule has 0 radical (unpaired) electrons. The number of nitrogens with zero attached hydrogens (tertiary/aromatic N) is 2. The predicted molar refractivity (Wildman–Crippen MR) is 204 cm³/mol. The van der Waals surface area contributed by atoms with Gasteiger partial charge in [-0.3, -0.25) is 19.2 Å². The first-order chi connectivity index (χ1) is 25.7. The number of amides is 3. The molecule has 3 aromatic carbocycles. The number of carbonyl (C=O) groups is 4. The van der Waals surface area contributed by atoms with Crippen LogP contribution in [0.25, 0.3) is 10.8 Å². The number of likely N-dealkylation sites (tertiary alicyclic amines) is 1. The van der Waals surface area contributed by atoms with Crippen molar-refractivity contribution >= 4 is 40.2 Å². The number of fused-ring (bicyclic) bond motifs is 2. The van der Waals surface area contributed by atoms with Crippen LogP contribution >= 0.6 is 0 Å². The molecular weight excluding hydrogens is 670 g/mol. The monoisotopic (exact) mass is 721 g/mol. The van der Waals surface area contributed by atoms with Crippen molar-refractivity contribution in [3.63, 3.8) is 0 Å². The van der Waals surface area contributed by atoms with Gasteiger partial charge in [0.15, 0.2) is 0 Å². The van der Waals surface area contributed by atoms with Gasteiger partial charge in [-0.15, -0.1) is 13.2 Å². The number of anilines is 1. The van der Waals surface area contributed by atoms with Gasteiger partial charge < -0.3 is 29.7 Å². The molecule has 1 spiro atoms. The fourth-order valence-corrected chi connectivity index (χ4v) is 8.57. The summed E-state index contributed by atoms with van der Waals surface area (Å²) in [5.74, 6) is -3.16. The first kappa shape index (κ1) is 37.9. The van der Waals surface area contributed by atoms with Gasteiger partial charge in [-0.05, 0) is 67.5 Å². The largest absolute Gasteiger partial charge is 0.455 e. The van der Waals surface area contributed by atoms with Crippen molar-refractivity contribution in [3.05, 3.63) is 104 Å². The van der Waals surface area contributed by atoms with E-state index >= 15 is 4.79 Å². The average molecular weight is 722 g/mol. The van der Waals surface area contributed by atoms with E-state index in [0.29, 0.717) is 49.9 Å². The van der Waals surface area contributed by atoms with Gasteiger partial charge in [0.25, 0.3) is 5.91 Å². The number of carbonyl (C=O) groups excluding carboxylic acids is 4. The fourth-order valence-electron chi connectivity index (χ4n) is 8.57. The van der Waals surface area contributed by atoms with Gasteiger partial charge >= 0.3 is 5.97 Å². The Morgan fingerprint density at radius 2 is 1.75 bits per heavy atom. The molecule has 53 heavy (non-hydrogen) atoms. The van der Waals surface area contributed by atoms with Crippen LogP contribution in [-0.2, 0) is 28.7 Å². The molecule has 0 aromatic heterocycles. The zero-order chi connectivity index (χ0) is 37.5. The van der Waals surface area contributed by atoms with Crippen molar-refractivity contribution in [1.29, 1.82) is 0 Å². The van der Waals surface area contributed by atoms with Gasteiger partial charge in [0.05, 0.1) is 24.0 Å². The normalized spacial score (nSPS) is 24.0. The van der Waals surface area contributed by atoms with Crippen LogP contribution in [0.4, 0.5) is 5.69 Å². The Kier molecular flexibility index (Phi) is 12.1. The number of nitrogens with one attached hydrogen (secondary N) is 1. The first-order valence-electron chi connectivity index (χ1n) is 18.9. The topological polar surface area (TPSA) is 125 Å². The summed E-state index contributed by atoms with van der Waals surface area (Å²) in [7, 11) is 0. The molecule has 6 rings (SSSR count). The smallest absolute Gasteiger partial charge is 0.313 e. The average Bonchev–Trinajstić information content (AvgIpc) is 3.82. The molecule has 3 saturated heterocycles. The first-order valence-corrected chi connectivity index (χ1v) is 18.9. The minimum absolute atomic E-state index is 0.0946. The second kappa shape index (κ2) is 16.9. The second-order valence-corrected chi connectivity index (χ2v) is 14.4. The molecule has 3 aromatic rings. The van der Waals surface area contributed by atoms with Crippen LogP contribution in [0.2, 0.25) is 0 Å². The van der Waals surface area contributed by atoms with E-state index in [0.717, 1.165) is 23.6 Å². The summed E-state index contributed by atoms with van der Waals surface area (Å²) in [6.07, 6.45) is 6.52. The molecule has 3 aliphatic heterocycles. The number of unbranched alkanes of at least 4 members (excludes halogenated alkanes) is 3. The molecule has 3 fully saturated rings. The maximum Gasteiger partial charge on any atom is 0.313 e. The Morgan fingerprint density at radius 1 is 1.02 bits per heavy atom. The Labute approximate surface area is 311 Å². The van der Waals surface area contributed by atoms with Crippen molar-refractivity contribution in [2.75, 3.05) is 24.6 Å². The molecule has 3 amide bonds. The lowest BCUT2D eigenvalue weighted by Crippen LogP contribution is -2.56. The van der Waals surface area contributed by atoms with Crippen LogP contribution in [0.5, 0.6) is 0 Å². The van der Waals surface area contributed by atoms with E-state index < -0.39 is 47.7 Å². The SMILES string of the molecule is C=CCCC(=O)N[C@H](C)[C@@H](OC(=O)[C@@H]1[C@@H]2CC[C@]3(O2)[C@H](C(=O)N(CC=C)c2ccc4ccccc4c2)N(CCCCCCO)C(=O)[C@@H]13)c1ccccc1. The summed E-state index contributed by atoms with van der Waals surface area (Å²) in [5, 5.41) is 14.3. The third-order valence-electron chi connectivity index (χ3n) is 11.0. The number of hydrogen-bond donors (Lipinski definition) is 2. The highest BCUT2D eigenvalue weighted by Crippen LogP contribution is 2.59. The molecule has 2 N–H and O–H groups in total. The number of aliphatic hydroxyl groups excluding tert-OH is 1. The molecule has 10 heteroatoms. The Hall–Kier alpha value is -4.80. The van der Waals surface area contributed by atoms with Gasteiger partial charge in [-0.2, -0.15) is 0 Å². The molecule has 280 valence electrons. The number of allylic oxidation sites excluding steroid dienone is 1. The molecule has 7 atom stereocenters. The summed E-state index contributed by atoms with van der Waals surface area (Å²) in [5.41, 5.74) is 0.181. The van der Waals surface area contributed by atoms with Gasteiger partial charge in [0.2, 0.25) is 11.8 Å². The lowest BCUT2D eigenvalue weighted by atomic mass is 9.70. The summed E-state index contributed by atoms with van der Waals surface area (Å²) in [6, 6.07) is 21.5. The number of ether oxygens (including phenoxy) is 2. The standard InChI is InChI=1S/C43H51N3O7/c1-4-6-20-35(48)44-29(3)38(31-17-10-9-11-18-31)52-42(51)36-34-23-24-43(53-34)37(36)40(49)46(26-14-7-8-15-27-47)39(43)41(50)45(25-5-2)33-22-21-30-16-12-13-19-32(30)28-33/h4-5,9-13,16-19,21-22,28-29,34,36-39,47H,1-2,6-8,14-15,20,23-27H2,3H3,(H,44,48)/t29-,34+,36-,37-,38-,39+,43-/m1/s1. The molecule has 0 aliphatic carbocycles. The third-order valence-corrected chi connectivity index (χ3v) is 11.0. The number of hydrogen-bond acceptors (Lipinski definition) is 7. The molecule has 0 unspecified atom stereocenters. The Morgan fingerprint density at radius 3 is 2.49 bits per heavy atom. The number of rotatable bonds is 18. The third kappa shape index (κ3) is 7.66. The van der Waals surface area contributed by atoms with Crippen LogP contribution in [0.3, 0.4) is 0 Å².